The summed E-state index contributed by atoms with van der Waals surface area (Å²) >= 11 is 0. The van der Waals surface area contributed by atoms with Crippen LogP contribution in [0, 0.1) is 0 Å². The van der Waals surface area contributed by atoms with Gasteiger partial charge in [0.2, 0.25) is 0 Å². The van der Waals surface area contributed by atoms with E-state index in [-0.39, 0.29) is 32.6 Å². The van der Waals surface area contributed by atoms with Crippen LogP contribution in [0.15, 0.2) is 0 Å². The Kier molecular flexibility index (Phi) is 20.5. The topological polar surface area (TPSA) is 63.2 Å². The van der Waals surface area contributed by atoms with Crippen LogP contribution < -0.4 is 10.2 Å². The van der Waals surface area contributed by atoms with E-state index in [1.807, 2.05) is 0 Å². The van der Waals surface area contributed by atoms with Gasteiger partial charge in [0.1, 0.15) is 0 Å². The predicted molar refractivity (Wildman–Crippen MR) is 35.1 cm³/mol. The van der Waals surface area contributed by atoms with E-state index in [9.17, 15) is 15.0 Å². The van der Waals surface area contributed by atoms with Crippen LogP contribution in [-0.4, -0.2) is 12.1 Å². The first-order chi connectivity index (χ1) is 4.50. The molecule has 0 heterocycles. The van der Waals surface area contributed by atoms with E-state index >= 15 is 0 Å². The third kappa shape index (κ3) is 64.9. The maximum Gasteiger partial charge on any atom is 2.00 e. The van der Waals surface area contributed by atoms with Crippen LogP contribution in [0.1, 0.15) is 33.6 Å². The molecular weight excluding hydrogens is 223 g/mol. The number of carbonyl (C=O) groups excluding carboxylic acids is 1. The Balaban J connectivity index is -0.000000114. The van der Waals surface area contributed by atoms with Crippen LogP contribution >= 0.6 is 0 Å². The second-order valence-corrected chi connectivity index (χ2v) is 2.17. The van der Waals surface area contributed by atoms with Crippen LogP contribution in [0.4, 0.5) is 0 Å². The van der Waals surface area contributed by atoms with Gasteiger partial charge in [-0.1, -0.05) is 27.2 Å². The Morgan fingerprint density at radius 2 is 1.73 bits per heavy atom. The van der Waals surface area contributed by atoms with Crippen molar-refractivity contribution in [2.45, 2.75) is 39.7 Å². The number of carboxylic acid groups (broad SMARTS) is 1. The van der Waals surface area contributed by atoms with Gasteiger partial charge in [-0.05, 0) is 6.42 Å². The largest absolute Gasteiger partial charge is 2.00 e. The smallest absolute Gasteiger partial charge is 0.852 e. The normalized spacial score (nSPS) is 7.73. The zero-order valence-corrected chi connectivity index (χ0v) is 9.67. The van der Waals surface area contributed by atoms with Gasteiger partial charge in [-0.15, -0.1) is 6.10 Å². The standard InChI is InChI=1S/C4H8O2.C3H7O.Zr/c1-2-3-4(5)6;1-3(2)4;/h2-3H2,1H3,(H,5,6);3H,1-2H3;/q;-1;+2/p-1. The fourth-order valence-corrected chi connectivity index (χ4v) is 0.204. The first-order valence-corrected chi connectivity index (χ1v) is 3.36. The minimum Gasteiger partial charge on any atom is -0.852 e. The van der Waals surface area contributed by atoms with E-state index in [0.717, 1.165) is 0 Å². The quantitative estimate of drug-likeness (QED) is 0.637. The first kappa shape index (κ1) is 17.4. The fourth-order valence-electron chi connectivity index (χ4n) is 0.204. The summed E-state index contributed by atoms with van der Waals surface area (Å²) in [6.07, 6.45) is 0.433. The number of aliphatic carboxylic acids is 1. The van der Waals surface area contributed by atoms with Crippen molar-refractivity contribution in [3.63, 3.8) is 0 Å². The number of hydrogen-bond acceptors (Lipinski definition) is 3. The molecule has 3 nitrogen and oxygen atoms in total. The number of carbonyl (C=O) groups is 1. The van der Waals surface area contributed by atoms with Crippen LogP contribution in [0.5, 0.6) is 0 Å². The van der Waals surface area contributed by atoms with E-state index in [1.54, 1.807) is 20.8 Å². The van der Waals surface area contributed by atoms with Crippen molar-refractivity contribution in [2.24, 2.45) is 0 Å². The number of hydrogen-bond donors (Lipinski definition) is 0. The summed E-state index contributed by atoms with van der Waals surface area (Å²) < 4.78 is 0. The molecule has 0 saturated carbocycles. The molecule has 0 aromatic heterocycles. The molecule has 0 unspecified atom stereocenters. The molecule has 0 aliphatic rings. The summed E-state index contributed by atoms with van der Waals surface area (Å²) in [5, 5.41) is 19.0. The van der Waals surface area contributed by atoms with Gasteiger partial charge in [0.25, 0.3) is 0 Å². The SMILES string of the molecule is CC(C)[O-].CCCC(=O)[O-].[Zr+2]. The Hall–Kier alpha value is 0.313. The third-order valence-electron chi connectivity index (χ3n) is 0.454. The molecule has 0 N–H and O–H groups in total. The van der Waals surface area contributed by atoms with E-state index in [2.05, 4.69) is 0 Å². The van der Waals surface area contributed by atoms with E-state index < -0.39 is 12.1 Å². The van der Waals surface area contributed by atoms with Crippen molar-refractivity contribution in [1.29, 1.82) is 0 Å². The van der Waals surface area contributed by atoms with Gasteiger partial charge in [0, 0.05) is 5.97 Å². The average molecular weight is 237 g/mol. The average Bonchev–Trinajstić information content (AvgIpc) is 1.62. The van der Waals surface area contributed by atoms with Gasteiger partial charge in [-0.3, -0.25) is 0 Å². The Morgan fingerprint density at radius 3 is 1.73 bits per heavy atom. The molecule has 11 heavy (non-hydrogen) atoms. The van der Waals surface area contributed by atoms with E-state index in [0.29, 0.717) is 6.42 Å². The molecule has 0 aromatic carbocycles. The molecule has 0 spiro atoms. The zero-order chi connectivity index (χ0) is 8.57. The molecule has 0 saturated heterocycles. The summed E-state index contributed by atoms with van der Waals surface area (Å²) in [4.78, 5) is 9.49. The molecule has 0 rings (SSSR count). The molecule has 4 heteroatoms. The zero-order valence-electron chi connectivity index (χ0n) is 7.22. The van der Waals surface area contributed by atoms with Crippen molar-refractivity contribution < 1.29 is 41.2 Å². The summed E-state index contributed by atoms with van der Waals surface area (Å²) in [5.74, 6) is -0.961. The van der Waals surface area contributed by atoms with Crippen molar-refractivity contribution in [3.05, 3.63) is 0 Å². The molecule has 64 valence electrons. The molecule has 0 fully saturated rings. The van der Waals surface area contributed by atoms with Crippen LogP contribution in [0.3, 0.4) is 0 Å². The number of carboxylic acids is 1. The maximum absolute atomic E-state index is 9.53. The first-order valence-electron chi connectivity index (χ1n) is 3.36. The molecular formula is C7H14O3Zr. The van der Waals surface area contributed by atoms with Crippen LogP contribution in [-0.2, 0) is 31.0 Å². The summed E-state index contributed by atoms with van der Waals surface area (Å²) in [5.41, 5.74) is 0. The van der Waals surface area contributed by atoms with Crippen LogP contribution in [0.2, 0.25) is 0 Å². The van der Waals surface area contributed by atoms with Gasteiger partial charge in [0.05, 0.1) is 0 Å². The predicted octanol–water partition coefficient (Wildman–Crippen LogP) is -0.711. The van der Waals surface area contributed by atoms with Gasteiger partial charge < -0.3 is 15.0 Å². The van der Waals surface area contributed by atoms with E-state index in [4.69, 9.17) is 0 Å². The minimum absolute atomic E-state index is 0. The molecule has 0 aromatic rings. The molecule has 0 aliphatic heterocycles. The Labute approximate surface area is 86.9 Å². The van der Waals surface area contributed by atoms with E-state index in [1.165, 1.54) is 0 Å². The second-order valence-electron chi connectivity index (χ2n) is 2.17. The second kappa shape index (κ2) is 12.9. The van der Waals surface area contributed by atoms with Crippen molar-refractivity contribution in [2.75, 3.05) is 0 Å². The Bertz CT molecular complexity index is 81.0. The van der Waals surface area contributed by atoms with Gasteiger partial charge >= 0.3 is 26.2 Å². The van der Waals surface area contributed by atoms with Gasteiger partial charge in [-0.25, -0.2) is 0 Å². The van der Waals surface area contributed by atoms with Crippen molar-refractivity contribution in [1.82, 2.24) is 0 Å². The molecule has 0 bridgehead atoms. The fraction of sp³-hybridized carbons (Fsp3) is 0.857. The Morgan fingerprint density at radius 1 is 1.45 bits per heavy atom. The molecule has 0 amide bonds. The molecule has 0 radical (unpaired) electrons. The van der Waals surface area contributed by atoms with Crippen LogP contribution in [0.25, 0.3) is 0 Å². The van der Waals surface area contributed by atoms with Gasteiger partial charge in [-0.2, -0.15) is 0 Å². The molecule has 0 aliphatic carbocycles. The maximum atomic E-state index is 9.53. The monoisotopic (exact) mass is 236 g/mol. The number of rotatable bonds is 2. The molecule has 0 atom stereocenters. The summed E-state index contributed by atoms with van der Waals surface area (Å²) in [7, 11) is 0. The third-order valence-corrected chi connectivity index (χ3v) is 0.454. The minimum atomic E-state index is -0.961. The van der Waals surface area contributed by atoms with Crippen molar-refractivity contribution in [3.8, 4) is 0 Å². The summed E-state index contributed by atoms with van der Waals surface area (Å²) in [6, 6.07) is 0. The van der Waals surface area contributed by atoms with Crippen molar-refractivity contribution >= 4 is 5.97 Å². The van der Waals surface area contributed by atoms with Gasteiger partial charge in [0.15, 0.2) is 0 Å². The summed E-state index contributed by atoms with van der Waals surface area (Å²) in [6.45, 7) is 5.02.